The van der Waals surface area contributed by atoms with E-state index >= 15 is 0 Å². The fraction of sp³-hybridized carbons (Fsp3) is 0.250. The van der Waals surface area contributed by atoms with Gasteiger partial charge in [0.2, 0.25) is 0 Å². The number of halogens is 1. The maximum absolute atomic E-state index is 12.4. The molecule has 0 aliphatic carbocycles. The van der Waals surface area contributed by atoms with Gasteiger partial charge in [-0.3, -0.25) is 9.82 Å². The average molecular weight is 331 g/mol. The van der Waals surface area contributed by atoms with Crippen molar-refractivity contribution in [3.05, 3.63) is 34.5 Å². The monoisotopic (exact) mass is 330 g/mol. The van der Waals surface area contributed by atoms with E-state index in [4.69, 9.17) is 22.1 Å². The molecule has 9 heteroatoms. The second-order valence-electron chi connectivity index (χ2n) is 4.34. The topological polar surface area (TPSA) is 110 Å². The number of anilines is 1. The zero-order valence-corrected chi connectivity index (χ0v) is 13.0. The number of methoxy groups -OCH3 is 1. The molecule has 0 amide bonds. The molecule has 0 radical (unpaired) electrons. The number of H-pyrrole nitrogens is 1. The Morgan fingerprint density at radius 2 is 2.19 bits per heavy atom. The quantitative estimate of drug-likeness (QED) is 0.772. The minimum Gasteiger partial charge on any atom is -0.495 e. The molecule has 0 aliphatic rings. The first-order valence-electron chi connectivity index (χ1n) is 5.98. The van der Waals surface area contributed by atoms with E-state index in [-0.39, 0.29) is 17.3 Å². The molecular weight excluding hydrogens is 316 g/mol. The summed E-state index contributed by atoms with van der Waals surface area (Å²) in [5.74, 6) is 0.322. The van der Waals surface area contributed by atoms with E-state index in [1.807, 2.05) is 0 Å². The van der Waals surface area contributed by atoms with Gasteiger partial charge >= 0.3 is 0 Å². The van der Waals surface area contributed by atoms with Crippen molar-refractivity contribution in [2.45, 2.75) is 18.5 Å². The number of benzene rings is 1. The molecule has 0 saturated heterocycles. The highest BCUT2D eigenvalue weighted by atomic mass is 35.5. The van der Waals surface area contributed by atoms with E-state index in [1.54, 1.807) is 19.1 Å². The summed E-state index contributed by atoms with van der Waals surface area (Å²) in [5.41, 5.74) is 6.90. The van der Waals surface area contributed by atoms with Crippen molar-refractivity contribution < 1.29 is 13.2 Å². The molecule has 1 aromatic heterocycles. The number of aromatic nitrogens is 2. The van der Waals surface area contributed by atoms with Crippen LogP contribution < -0.4 is 15.2 Å². The first-order chi connectivity index (χ1) is 9.89. The third kappa shape index (κ3) is 3.12. The lowest BCUT2D eigenvalue weighted by Crippen LogP contribution is -2.17. The van der Waals surface area contributed by atoms with E-state index in [9.17, 15) is 8.42 Å². The summed E-state index contributed by atoms with van der Waals surface area (Å²) in [7, 11) is -2.42. The van der Waals surface area contributed by atoms with Crippen molar-refractivity contribution in [2.24, 2.45) is 5.73 Å². The van der Waals surface area contributed by atoms with Crippen molar-refractivity contribution in [1.29, 1.82) is 0 Å². The number of ether oxygens (including phenoxy) is 1. The molecule has 7 nitrogen and oxygen atoms in total. The molecule has 21 heavy (non-hydrogen) atoms. The van der Waals surface area contributed by atoms with Gasteiger partial charge in [-0.05, 0) is 18.6 Å². The average Bonchev–Trinajstić information content (AvgIpc) is 2.91. The molecule has 0 unspecified atom stereocenters. The predicted octanol–water partition coefficient (Wildman–Crippen LogP) is 1.64. The summed E-state index contributed by atoms with van der Waals surface area (Å²) in [6, 6.07) is 3.14. The van der Waals surface area contributed by atoms with Gasteiger partial charge in [-0.2, -0.15) is 13.5 Å². The molecule has 0 atom stereocenters. The summed E-state index contributed by atoms with van der Waals surface area (Å²) in [5, 5.41) is 6.55. The smallest absolute Gasteiger partial charge is 0.279 e. The highest BCUT2D eigenvalue weighted by Gasteiger charge is 2.22. The molecule has 1 aromatic carbocycles. The first-order valence-corrected chi connectivity index (χ1v) is 7.84. The van der Waals surface area contributed by atoms with E-state index in [0.717, 1.165) is 5.56 Å². The van der Waals surface area contributed by atoms with E-state index in [1.165, 1.54) is 13.3 Å². The molecule has 0 bridgehead atoms. The van der Waals surface area contributed by atoms with Gasteiger partial charge in [0.1, 0.15) is 5.75 Å². The Bertz CT molecular complexity index is 758. The Morgan fingerprint density at radius 1 is 1.48 bits per heavy atom. The van der Waals surface area contributed by atoms with Gasteiger partial charge in [-0.1, -0.05) is 11.6 Å². The number of rotatable bonds is 5. The van der Waals surface area contributed by atoms with E-state index in [0.29, 0.717) is 16.3 Å². The van der Waals surface area contributed by atoms with Gasteiger partial charge in [0.15, 0.2) is 5.03 Å². The number of nitrogens with one attached hydrogen (secondary N) is 2. The minimum absolute atomic E-state index is 0.0591. The molecule has 0 spiro atoms. The van der Waals surface area contributed by atoms with Crippen LogP contribution in [0.2, 0.25) is 5.02 Å². The maximum Gasteiger partial charge on any atom is 0.279 e. The summed E-state index contributed by atoms with van der Waals surface area (Å²) >= 11 is 5.99. The van der Waals surface area contributed by atoms with Crippen molar-refractivity contribution in [3.8, 4) is 5.75 Å². The van der Waals surface area contributed by atoms with Crippen molar-refractivity contribution in [3.63, 3.8) is 0 Å². The lowest BCUT2D eigenvalue weighted by Gasteiger charge is -2.13. The molecule has 4 N–H and O–H groups in total. The summed E-state index contributed by atoms with van der Waals surface area (Å²) in [6.45, 7) is 1.82. The standard InChI is InChI=1S/C12H15ClN4O3S/c1-7-3-10(11(20-2)4-9(7)13)17-21(18,19)12-8(5-14)6-15-16-12/h3-4,6,17H,5,14H2,1-2H3,(H,15,16). The van der Waals surface area contributed by atoms with Crippen LogP contribution in [0.5, 0.6) is 5.75 Å². The number of sulfonamides is 1. The van der Waals surface area contributed by atoms with E-state index < -0.39 is 10.0 Å². The number of nitrogens with two attached hydrogens (primary N) is 1. The number of nitrogens with zero attached hydrogens (tertiary/aromatic N) is 1. The van der Waals surface area contributed by atoms with Crippen LogP contribution in [0.3, 0.4) is 0 Å². The van der Waals surface area contributed by atoms with Crippen LogP contribution in [0.25, 0.3) is 0 Å². The van der Waals surface area contributed by atoms with Gasteiger partial charge in [-0.15, -0.1) is 0 Å². The molecule has 0 fully saturated rings. The van der Waals surface area contributed by atoms with Gasteiger partial charge in [0.25, 0.3) is 10.0 Å². The highest BCUT2D eigenvalue weighted by molar-refractivity contribution is 7.92. The molecule has 114 valence electrons. The van der Waals surface area contributed by atoms with Crippen LogP contribution in [0.15, 0.2) is 23.4 Å². The Kier molecular flexibility index (Phi) is 4.40. The van der Waals surface area contributed by atoms with Crippen LogP contribution in [0, 0.1) is 6.92 Å². The molecule has 2 aromatic rings. The Labute approximate surface area is 127 Å². The molecule has 1 heterocycles. The molecule has 0 aliphatic heterocycles. The zero-order valence-electron chi connectivity index (χ0n) is 11.5. The summed E-state index contributed by atoms with van der Waals surface area (Å²) < 4.78 is 32.3. The van der Waals surface area contributed by atoms with Crippen molar-refractivity contribution >= 4 is 27.3 Å². The van der Waals surface area contributed by atoms with Crippen LogP contribution >= 0.6 is 11.6 Å². The maximum atomic E-state index is 12.4. The number of aromatic amines is 1. The molecular formula is C12H15ClN4O3S. The highest BCUT2D eigenvalue weighted by Crippen LogP contribution is 2.32. The lowest BCUT2D eigenvalue weighted by molar-refractivity contribution is 0.417. The second kappa shape index (κ2) is 5.92. The van der Waals surface area contributed by atoms with E-state index in [2.05, 4.69) is 14.9 Å². The van der Waals surface area contributed by atoms with Crippen LogP contribution in [-0.4, -0.2) is 25.7 Å². The largest absolute Gasteiger partial charge is 0.495 e. The van der Waals surface area contributed by atoms with Crippen LogP contribution in [-0.2, 0) is 16.6 Å². The van der Waals surface area contributed by atoms with Gasteiger partial charge in [-0.25, -0.2) is 0 Å². The normalized spacial score (nSPS) is 11.4. The predicted molar refractivity (Wildman–Crippen MR) is 80.0 cm³/mol. The Morgan fingerprint density at radius 3 is 2.81 bits per heavy atom. The second-order valence-corrected chi connectivity index (χ2v) is 6.36. The Balaban J connectivity index is 2.44. The van der Waals surface area contributed by atoms with Crippen molar-refractivity contribution in [2.75, 3.05) is 11.8 Å². The first kappa shape index (κ1) is 15.6. The minimum atomic E-state index is -3.85. The third-order valence-corrected chi connectivity index (χ3v) is 4.68. The lowest BCUT2D eigenvalue weighted by atomic mass is 10.2. The number of hydrogen-bond acceptors (Lipinski definition) is 5. The number of hydrogen-bond donors (Lipinski definition) is 3. The fourth-order valence-electron chi connectivity index (χ4n) is 1.79. The molecule has 2 rings (SSSR count). The van der Waals surface area contributed by atoms with Crippen LogP contribution in [0.4, 0.5) is 5.69 Å². The van der Waals surface area contributed by atoms with Crippen molar-refractivity contribution in [1.82, 2.24) is 10.2 Å². The number of aryl methyl sites for hydroxylation is 1. The van der Waals surface area contributed by atoms with Gasteiger partial charge in [0, 0.05) is 23.2 Å². The van der Waals surface area contributed by atoms with Gasteiger partial charge < -0.3 is 10.5 Å². The zero-order chi connectivity index (χ0) is 15.6. The Hall–Kier alpha value is -1.77. The SMILES string of the molecule is COc1cc(Cl)c(C)cc1NS(=O)(=O)c1[nH]ncc1CN. The summed E-state index contributed by atoms with van der Waals surface area (Å²) in [6.07, 6.45) is 1.37. The van der Waals surface area contributed by atoms with Gasteiger partial charge in [0.05, 0.1) is 19.0 Å². The van der Waals surface area contributed by atoms with Crippen LogP contribution in [0.1, 0.15) is 11.1 Å². The molecule has 0 saturated carbocycles. The summed E-state index contributed by atoms with van der Waals surface area (Å²) in [4.78, 5) is 0. The third-order valence-electron chi connectivity index (χ3n) is 2.89. The fourth-order valence-corrected chi connectivity index (χ4v) is 3.14.